The van der Waals surface area contributed by atoms with Gasteiger partial charge in [0.2, 0.25) is 5.91 Å². The van der Waals surface area contributed by atoms with Crippen LogP contribution in [-0.2, 0) is 4.79 Å². The number of nitrogens with one attached hydrogen (secondary N) is 2. The fourth-order valence-electron chi connectivity index (χ4n) is 1.12. The molecular formula is C6H11N3O2. The first-order chi connectivity index (χ1) is 5.20. The van der Waals surface area contributed by atoms with E-state index in [1.54, 1.807) is 0 Å². The summed E-state index contributed by atoms with van der Waals surface area (Å²) in [6.07, 6.45) is 1.75. The van der Waals surface area contributed by atoms with Gasteiger partial charge in [0, 0.05) is 0 Å². The van der Waals surface area contributed by atoms with Gasteiger partial charge < -0.3 is 11.1 Å². The molecule has 1 fully saturated rings. The quantitative estimate of drug-likeness (QED) is 0.453. The molecule has 11 heavy (non-hydrogen) atoms. The second-order valence-corrected chi connectivity index (χ2v) is 2.50. The molecule has 0 radical (unpaired) electrons. The van der Waals surface area contributed by atoms with Crippen LogP contribution < -0.4 is 16.4 Å². The molecule has 1 heterocycles. The number of rotatable bonds is 1. The summed E-state index contributed by atoms with van der Waals surface area (Å²) in [7, 11) is 0. The minimum Gasteiger partial charge on any atom is -0.351 e. The van der Waals surface area contributed by atoms with Gasteiger partial charge in [0.1, 0.15) is 0 Å². The minimum atomic E-state index is -0.788. The van der Waals surface area contributed by atoms with E-state index in [0.29, 0.717) is 0 Å². The maximum Gasteiger partial charge on any atom is 0.318 e. The van der Waals surface area contributed by atoms with E-state index in [1.807, 2.05) is 5.32 Å². The van der Waals surface area contributed by atoms with Crippen LogP contribution in [0.5, 0.6) is 0 Å². The van der Waals surface area contributed by atoms with Crippen molar-refractivity contribution >= 4 is 11.9 Å². The first kappa shape index (κ1) is 8.00. The normalized spacial score (nSPS) is 23.1. The highest BCUT2D eigenvalue weighted by Gasteiger charge is 2.22. The van der Waals surface area contributed by atoms with E-state index in [1.165, 1.54) is 0 Å². The number of imide groups is 1. The number of hydrogen-bond donors (Lipinski definition) is 3. The Morgan fingerprint density at radius 3 is 2.73 bits per heavy atom. The Morgan fingerprint density at radius 2 is 2.27 bits per heavy atom. The summed E-state index contributed by atoms with van der Waals surface area (Å²) in [5, 5.41) is 4.96. The van der Waals surface area contributed by atoms with E-state index < -0.39 is 6.03 Å². The Balaban J connectivity index is 2.34. The van der Waals surface area contributed by atoms with Crippen LogP contribution in [0.4, 0.5) is 4.79 Å². The lowest BCUT2D eigenvalue weighted by Gasteiger charge is -2.07. The average Bonchev–Trinajstić information content (AvgIpc) is 2.35. The highest BCUT2D eigenvalue weighted by Crippen LogP contribution is 2.03. The molecule has 0 aliphatic carbocycles. The Morgan fingerprint density at radius 1 is 1.55 bits per heavy atom. The molecule has 62 valence electrons. The molecule has 1 saturated heterocycles. The lowest BCUT2D eigenvalue weighted by Crippen LogP contribution is -2.45. The van der Waals surface area contributed by atoms with Crippen LogP contribution in [0.1, 0.15) is 12.8 Å². The standard InChI is InChI=1S/C6H11N3O2/c7-6(11)9-5(10)4-2-1-3-8-4/h4,8H,1-3H2,(H3,7,9,10,11)/t4-/m1/s1. The van der Waals surface area contributed by atoms with Crippen molar-refractivity contribution < 1.29 is 9.59 Å². The Hall–Kier alpha value is -1.10. The highest BCUT2D eigenvalue weighted by atomic mass is 16.2. The first-order valence-electron chi connectivity index (χ1n) is 3.54. The van der Waals surface area contributed by atoms with Gasteiger partial charge in [0.15, 0.2) is 0 Å². The molecule has 5 heteroatoms. The van der Waals surface area contributed by atoms with Gasteiger partial charge in [-0.2, -0.15) is 0 Å². The number of carbonyl (C=O) groups is 2. The lowest BCUT2D eigenvalue weighted by molar-refractivity contribution is -0.121. The van der Waals surface area contributed by atoms with Gasteiger partial charge in [0.05, 0.1) is 6.04 Å². The van der Waals surface area contributed by atoms with Gasteiger partial charge in [-0.05, 0) is 19.4 Å². The van der Waals surface area contributed by atoms with Gasteiger partial charge in [-0.1, -0.05) is 0 Å². The van der Waals surface area contributed by atoms with Crippen molar-refractivity contribution in [2.45, 2.75) is 18.9 Å². The third-order valence-corrected chi connectivity index (χ3v) is 1.62. The number of urea groups is 1. The smallest absolute Gasteiger partial charge is 0.318 e. The third kappa shape index (κ3) is 2.19. The molecule has 1 aliphatic heterocycles. The summed E-state index contributed by atoms with van der Waals surface area (Å²) in [6.45, 7) is 0.830. The summed E-state index contributed by atoms with van der Waals surface area (Å²) in [5.74, 6) is -0.324. The summed E-state index contributed by atoms with van der Waals surface area (Å²) in [6, 6.07) is -1.02. The summed E-state index contributed by atoms with van der Waals surface area (Å²) < 4.78 is 0. The number of nitrogens with two attached hydrogens (primary N) is 1. The fourth-order valence-corrected chi connectivity index (χ4v) is 1.12. The Labute approximate surface area is 64.3 Å². The molecule has 0 bridgehead atoms. The molecule has 3 amide bonds. The van der Waals surface area contributed by atoms with Gasteiger partial charge in [0.25, 0.3) is 0 Å². The zero-order valence-corrected chi connectivity index (χ0v) is 6.09. The molecule has 0 aromatic rings. The van der Waals surface area contributed by atoms with E-state index in [2.05, 4.69) is 5.32 Å². The van der Waals surface area contributed by atoms with Crippen molar-refractivity contribution in [1.82, 2.24) is 10.6 Å². The van der Waals surface area contributed by atoms with Crippen LogP contribution >= 0.6 is 0 Å². The molecule has 0 unspecified atom stereocenters. The second kappa shape index (κ2) is 3.34. The van der Waals surface area contributed by atoms with Crippen LogP contribution in [-0.4, -0.2) is 24.5 Å². The van der Waals surface area contributed by atoms with Crippen LogP contribution in [0.3, 0.4) is 0 Å². The lowest BCUT2D eigenvalue weighted by atomic mass is 10.2. The molecule has 0 saturated carbocycles. The van der Waals surface area contributed by atoms with E-state index in [-0.39, 0.29) is 11.9 Å². The predicted molar refractivity (Wildman–Crippen MR) is 38.8 cm³/mol. The maximum absolute atomic E-state index is 11.0. The monoisotopic (exact) mass is 157 g/mol. The number of primary amides is 1. The van der Waals surface area contributed by atoms with Crippen LogP contribution in [0.15, 0.2) is 0 Å². The van der Waals surface area contributed by atoms with Crippen molar-refractivity contribution in [2.24, 2.45) is 5.73 Å². The zero-order chi connectivity index (χ0) is 8.27. The molecular weight excluding hydrogens is 146 g/mol. The molecule has 5 nitrogen and oxygen atoms in total. The van der Waals surface area contributed by atoms with Crippen molar-refractivity contribution in [1.29, 1.82) is 0 Å². The Kier molecular flexibility index (Phi) is 2.43. The first-order valence-corrected chi connectivity index (χ1v) is 3.54. The molecule has 1 atom stereocenters. The largest absolute Gasteiger partial charge is 0.351 e. The predicted octanol–water partition coefficient (Wildman–Crippen LogP) is -1.07. The van der Waals surface area contributed by atoms with Crippen molar-refractivity contribution in [3.63, 3.8) is 0 Å². The number of amides is 3. The average molecular weight is 157 g/mol. The second-order valence-electron chi connectivity index (χ2n) is 2.50. The summed E-state index contributed by atoms with van der Waals surface area (Å²) in [5.41, 5.74) is 4.76. The van der Waals surface area contributed by atoms with E-state index in [4.69, 9.17) is 5.73 Å². The fraction of sp³-hybridized carbons (Fsp3) is 0.667. The minimum absolute atomic E-state index is 0.234. The van der Waals surface area contributed by atoms with Crippen molar-refractivity contribution in [2.75, 3.05) is 6.54 Å². The number of hydrogen-bond acceptors (Lipinski definition) is 3. The number of carbonyl (C=O) groups excluding carboxylic acids is 2. The SMILES string of the molecule is NC(=O)NC(=O)[C@H]1CCCN1. The molecule has 0 aromatic heterocycles. The molecule has 1 aliphatic rings. The van der Waals surface area contributed by atoms with Crippen LogP contribution in [0.25, 0.3) is 0 Å². The molecule has 0 aromatic carbocycles. The molecule has 1 rings (SSSR count). The van der Waals surface area contributed by atoms with Gasteiger partial charge in [-0.15, -0.1) is 0 Å². The highest BCUT2D eigenvalue weighted by molar-refractivity contribution is 5.96. The van der Waals surface area contributed by atoms with Gasteiger partial charge in [-0.3, -0.25) is 10.1 Å². The van der Waals surface area contributed by atoms with E-state index in [0.717, 1.165) is 19.4 Å². The van der Waals surface area contributed by atoms with Crippen molar-refractivity contribution in [3.8, 4) is 0 Å². The van der Waals surface area contributed by atoms with E-state index in [9.17, 15) is 9.59 Å². The molecule has 4 N–H and O–H groups in total. The van der Waals surface area contributed by atoms with Gasteiger partial charge >= 0.3 is 6.03 Å². The Bertz CT molecular complexity index is 175. The zero-order valence-electron chi connectivity index (χ0n) is 6.09. The summed E-state index contributed by atoms with van der Waals surface area (Å²) in [4.78, 5) is 21.2. The topological polar surface area (TPSA) is 84.2 Å². The third-order valence-electron chi connectivity index (χ3n) is 1.62. The molecule has 0 spiro atoms. The van der Waals surface area contributed by atoms with Crippen molar-refractivity contribution in [3.05, 3.63) is 0 Å². The maximum atomic E-state index is 11.0. The van der Waals surface area contributed by atoms with Gasteiger partial charge in [-0.25, -0.2) is 4.79 Å². The summed E-state index contributed by atoms with van der Waals surface area (Å²) >= 11 is 0. The van der Waals surface area contributed by atoms with Crippen LogP contribution in [0.2, 0.25) is 0 Å². The van der Waals surface area contributed by atoms with Crippen LogP contribution in [0, 0.1) is 0 Å². The van der Waals surface area contributed by atoms with E-state index >= 15 is 0 Å².